The molecule has 0 bridgehead atoms. The number of hydrogen-bond acceptors (Lipinski definition) is 3. The highest BCUT2D eigenvalue weighted by molar-refractivity contribution is 9.10. The Bertz CT molecular complexity index is 773. The van der Waals surface area contributed by atoms with Gasteiger partial charge < -0.3 is 10.2 Å². The second-order valence-electron chi connectivity index (χ2n) is 4.65. The minimum atomic E-state index is 0.618. The lowest BCUT2D eigenvalue weighted by Gasteiger charge is -2.03. The number of rotatable bonds is 2. The van der Waals surface area contributed by atoms with Crippen molar-refractivity contribution >= 4 is 21.7 Å². The molecule has 4 nitrogen and oxygen atoms in total. The van der Waals surface area contributed by atoms with E-state index in [2.05, 4.69) is 21.0 Å². The fraction of sp³-hybridized carbons (Fsp3) is 0.133. The van der Waals surface area contributed by atoms with Crippen molar-refractivity contribution in [2.45, 2.75) is 6.92 Å². The van der Waals surface area contributed by atoms with Crippen LogP contribution in [0.25, 0.3) is 22.6 Å². The summed E-state index contributed by atoms with van der Waals surface area (Å²) in [6, 6.07) is 11.8. The summed E-state index contributed by atoms with van der Waals surface area (Å²) in [6.45, 7) is 1.91. The minimum Gasteiger partial charge on any atom is -0.460 e. The molecule has 0 radical (unpaired) electrons. The van der Waals surface area contributed by atoms with Crippen LogP contribution in [0.4, 0.5) is 5.82 Å². The van der Waals surface area contributed by atoms with Gasteiger partial charge >= 0.3 is 0 Å². The SMILES string of the molecule is Cc1ccc(-c2nn(C)c(N)c2-c2cccc(Br)c2)o1. The van der Waals surface area contributed by atoms with E-state index in [1.54, 1.807) is 4.68 Å². The fourth-order valence-electron chi connectivity index (χ4n) is 2.20. The van der Waals surface area contributed by atoms with Gasteiger partial charge in [0.15, 0.2) is 5.76 Å². The highest BCUT2D eigenvalue weighted by Crippen LogP contribution is 2.37. The summed E-state index contributed by atoms with van der Waals surface area (Å²) in [5.41, 5.74) is 8.83. The van der Waals surface area contributed by atoms with Crippen molar-refractivity contribution in [2.24, 2.45) is 7.05 Å². The molecule has 0 spiro atoms. The third-order valence-electron chi connectivity index (χ3n) is 3.18. The summed E-state index contributed by atoms with van der Waals surface area (Å²) in [5, 5.41) is 4.48. The molecule has 0 fully saturated rings. The van der Waals surface area contributed by atoms with E-state index in [0.29, 0.717) is 5.82 Å². The van der Waals surface area contributed by atoms with E-state index in [4.69, 9.17) is 10.2 Å². The lowest BCUT2D eigenvalue weighted by molar-refractivity contribution is 0.545. The number of benzene rings is 1. The summed E-state index contributed by atoms with van der Waals surface area (Å²) in [7, 11) is 1.83. The van der Waals surface area contributed by atoms with Gasteiger partial charge in [-0.2, -0.15) is 5.10 Å². The number of aryl methyl sites for hydroxylation is 2. The Labute approximate surface area is 125 Å². The molecule has 0 atom stereocenters. The van der Waals surface area contributed by atoms with E-state index in [0.717, 1.165) is 32.8 Å². The molecule has 20 heavy (non-hydrogen) atoms. The largest absolute Gasteiger partial charge is 0.460 e. The average Bonchev–Trinajstić information content (AvgIpc) is 2.95. The number of halogens is 1. The maximum atomic E-state index is 6.17. The molecule has 3 aromatic rings. The smallest absolute Gasteiger partial charge is 0.155 e. The van der Waals surface area contributed by atoms with Crippen molar-refractivity contribution in [3.63, 3.8) is 0 Å². The van der Waals surface area contributed by atoms with Gasteiger partial charge in [0.2, 0.25) is 0 Å². The molecule has 0 aliphatic rings. The zero-order valence-corrected chi connectivity index (χ0v) is 12.8. The average molecular weight is 332 g/mol. The summed E-state index contributed by atoms with van der Waals surface area (Å²) >= 11 is 3.48. The monoisotopic (exact) mass is 331 g/mol. The molecule has 0 unspecified atom stereocenters. The van der Waals surface area contributed by atoms with Crippen LogP contribution in [0.2, 0.25) is 0 Å². The van der Waals surface area contributed by atoms with Gasteiger partial charge in [-0.15, -0.1) is 0 Å². The maximum absolute atomic E-state index is 6.17. The van der Waals surface area contributed by atoms with Gasteiger partial charge in [-0.25, -0.2) is 0 Å². The normalized spacial score (nSPS) is 10.9. The lowest BCUT2D eigenvalue weighted by atomic mass is 10.0. The minimum absolute atomic E-state index is 0.618. The molecule has 1 aromatic carbocycles. The molecule has 2 N–H and O–H groups in total. The number of anilines is 1. The predicted molar refractivity (Wildman–Crippen MR) is 83.2 cm³/mol. The standard InChI is InChI=1S/C15H14BrN3O/c1-9-6-7-12(20-9)14-13(15(17)19(2)18-14)10-4-3-5-11(16)8-10/h3-8H,17H2,1-2H3. The Balaban J connectivity index is 2.24. The first kappa shape index (κ1) is 13.0. The second-order valence-corrected chi connectivity index (χ2v) is 5.57. The number of nitrogens with zero attached hydrogens (tertiary/aromatic N) is 2. The number of nitrogen functional groups attached to an aromatic ring is 1. The first-order chi connectivity index (χ1) is 9.56. The van der Waals surface area contributed by atoms with E-state index < -0.39 is 0 Å². The van der Waals surface area contributed by atoms with Gasteiger partial charge in [0.25, 0.3) is 0 Å². The van der Waals surface area contributed by atoms with Gasteiger partial charge in [-0.1, -0.05) is 28.1 Å². The van der Waals surface area contributed by atoms with E-state index in [1.165, 1.54) is 0 Å². The molecule has 0 aliphatic heterocycles. The van der Waals surface area contributed by atoms with Crippen LogP contribution in [0.15, 0.2) is 45.3 Å². The Morgan fingerprint density at radius 2 is 2.05 bits per heavy atom. The first-order valence-electron chi connectivity index (χ1n) is 6.21. The van der Waals surface area contributed by atoms with Crippen molar-refractivity contribution in [3.8, 4) is 22.6 Å². The van der Waals surface area contributed by atoms with Crippen molar-refractivity contribution in [1.29, 1.82) is 0 Å². The number of furan rings is 1. The first-order valence-corrected chi connectivity index (χ1v) is 7.01. The topological polar surface area (TPSA) is 57.0 Å². The summed E-state index contributed by atoms with van der Waals surface area (Å²) < 4.78 is 8.36. The van der Waals surface area contributed by atoms with Gasteiger partial charge in [-0.05, 0) is 36.8 Å². The van der Waals surface area contributed by atoms with Crippen LogP contribution in [0.5, 0.6) is 0 Å². The van der Waals surface area contributed by atoms with Crippen LogP contribution in [0.3, 0.4) is 0 Å². The van der Waals surface area contributed by atoms with Gasteiger partial charge in [0.05, 0.1) is 5.56 Å². The van der Waals surface area contributed by atoms with Crippen molar-refractivity contribution in [3.05, 3.63) is 46.6 Å². The van der Waals surface area contributed by atoms with Crippen LogP contribution in [-0.2, 0) is 7.05 Å². The van der Waals surface area contributed by atoms with Crippen LogP contribution < -0.4 is 5.73 Å². The molecule has 0 saturated heterocycles. The van der Waals surface area contributed by atoms with Crippen LogP contribution >= 0.6 is 15.9 Å². The van der Waals surface area contributed by atoms with Gasteiger partial charge in [0.1, 0.15) is 17.3 Å². The van der Waals surface area contributed by atoms with Gasteiger partial charge in [-0.3, -0.25) is 4.68 Å². The summed E-state index contributed by atoms with van der Waals surface area (Å²) in [6.07, 6.45) is 0. The Morgan fingerprint density at radius 3 is 2.70 bits per heavy atom. The number of hydrogen-bond donors (Lipinski definition) is 1. The molecular formula is C15H14BrN3O. The zero-order valence-electron chi connectivity index (χ0n) is 11.2. The lowest BCUT2D eigenvalue weighted by Crippen LogP contribution is -1.97. The molecule has 0 aliphatic carbocycles. The Hall–Kier alpha value is -2.01. The van der Waals surface area contributed by atoms with E-state index in [-0.39, 0.29) is 0 Å². The van der Waals surface area contributed by atoms with Crippen LogP contribution in [-0.4, -0.2) is 9.78 Å². The van der Waals surface area contributed by atoms with Crippen molar-refractivity contribution in [1.82, 2.24) is 9.78 Å². The second kappa shape index (κ2) is 4.83. The van der Waals surface area contributed by atoms with E-state index >= 15 is 0 Å². The zero-order chi connectivity index (χ0) is 14.3. The number of aromatic nitrogens is 2. The van der Waals surface area contributed by atoms with E-state index in [1.807, 2.05) is 50.4 Å². The summed E-state index contributed by atoms with van der Waals surface area (Å²) in [5.74, 6) is 2.20. The third kappa shape index (κ3) is 2.14. The Kier molecular flexibility index (Phi) is 3.14. The highest BCUT2D eigenvalue weighted by Gasteiger charge is 2.19. The van der Waals surface area contributed by atoms with Crippen molar-refractivity contribution < 1.29 is 4.42 Å². The molecule has 102 valence electrons. The third-order valence-corrected chi connectivity index (χ3v) is 3.67. The fourth-order valence-corrected chi connectivity index (χ4v) is 2.60. The predicted octanol–water partition coefficient (Wildman–Crippen LogP) is 4.00. The maximum Gasteiger partial charge on any atom is 0.155 e. The van der Waals surface area contributed by atoms with Crippen molar-refractivity contribution in [2.75, 3.05) is 5.73 Å². The molecule has 2 heterocycles. The summed E-state index contributed by atoms with van der Waals surface area (Å²) in [4.78, 5) is 0. The molecule has 0 saturated carbocycles. The molecule has 0 amide bonds. The Morgan fingerprint density at radius 1 is 1.25 bits per heavy atom. The van der Waals surface area contributed by atoms with Crippen LogP contribution in [0, 0.1) is 6.92 Å². The molecule has 2 aromatic heterocycles. The molecule has 5 heteroatoms. The van der Waals surface area contributed by atoms with Gasteiger partial charge in [0, 0.05) is 11.5 Å². The van der Waals surface area contributed by atoms with E-state index in [9.17, 15) is 0 Å². The molecule has 3 rings (SSSR count). The molecular weight excluding hydrogens is 318 g/mol. The van der Waals surface area contributed by atoms with Crippen LogP contribution in [0.1, 0.15) is 5.76 Å². The highest BCUT2D eigenvalue weighted by atomic mass is 79.9. The number of nitrogens with two attached hydrogens (primary N) is 1. The quantitative estimate of drug-likeness (QED) is 0.772.